The monoisotopic (exact) mass is 130 g/mol. The van der Waals surface area contributed by atoms with Crippen LogP contribution >= 0.6 is 0 Å². The molecule has 0 aromatic rings. The van der Waals surface area contributed by atoms with Gasteiger partial charge in [0.25, 0.3) is 0 Å². The van der Waals surface area contributed by atoms with Crippen LogP contribution in [0.1, 0.15) is 0 Å². The van der Waals surface area contributed by atoms with E-state index in [9.17, 15) is 4.79 Å². The van der Waals surface area contributed by atoms with E-state index < -0.39 is 0 Å². The second kappa shape index (κ2) is 1.81. The van der Waals surface area contributed by atoms with Gasteiger partial charge in [0.2, 0.25) is 0 Å². The van der Waals surface area contributed by atoms with Gasteiger partial charge in [-0.2, -0.15) is 0 Å². The van der Waals surface area contributed by atoms with Gasteiger partial charge in [0.1, 0.15) is 0 Å². The normalized spacial score (nSPS) is 20.6. The molecule has 0 fully saturated rings. The summed E-state index contributed by atoms with van der Waals surface area (Å²) < 4.78 is 0. The third-order valence-electron chi connectivity index (χ3n) is 1.64. The molecule has 0 atom stereocenters. The van der Waals surface area contributed by atoms with E-state index >= 15 is 0 Å². The minimum atomic E-state index is 0.113. The lowest BCUT2D eigenvalue weighted by Crippen LogP contribution is -2.00. The topological polar surface area (TPSA) is 17.1 Å². The molecule has 0 N–H and O–H groups in total. The van der Waals surface area contributed by atoms with Crippen molar-refractivity contribution in [2.75, 3.05) is 0 Å². The quantitative estimate of drug-likeness (QED) is 0.486. The summed E-state index contributed by atoms with van der Waals surface area (Å²) in [6.45, 7) is 0. The lowest BCUT2D eigenvalue weighted by atomic mass is 10.0. The first kappa shape index (κ1) is 5.42. The van der Waals surface area contributed by atoms with Crippen LogP contribution in [0.4, 0.5) is 0 Å². The van der Waals surface area contributed by atoms with Crippen LogP contribution in [0, 0.1) is 0 Å². The second-order valence-electron chi connectivity index (χ2n) is 2.28. The van der Waals surface area contributed by atoms with Crippen molar-refractivity contribution >= 4 is 5.78 Å². The fourth-order valence-corrected chi connectivity index (χ4v) is 1.13. The molecule has 1 heteroatoms. The van der Waals surface area contributed by atoms with Gasteiger partial charge in [-0.25, -0.2) is 0 Å². The standard InChI is InChI=1S/C9H6O/c10-9-6-2-4-7-3-1-5-8(7)9/h1-6H. The van der Waals surface area contributed by atoms with E-state index in [0.717, 1.165) is 11.1 Å². The van der Waals surface area contributed by atoms with E-state index in [1.165, 1.54) is 0 Å². The second-order valence-corrected chi connectivity index (χ2v) is 2.28. The molecule has 10 heavy (non-hydrogen) atoms. The van der Waals surface area contributed by atoms with Crippen LogP contribution in [-0.4, -0.2) is 5.78 Å². The SMILES string of the molecule is O=C1C=CC=C2C=CC=C12. The number of hydrogen-bond acceptors (Lipinski definition) is 1. The van der Waals surface area contributed by atoms with Crippen molar-refractivity contribution in [3.05, 3.63) is 47.6 Å². The minimum Gasteiger partial charge on any atom is -0.289 e. The van der Waals surface area contributed by atoms with Crippen LogP contribution in [0.2, 0.25) is 0 Å². The highest BCUT2D eigenvalue weighted by Crippen LogP contribution is 2.22. The average Bonchev–Trinajstić information content (AvgIpc) is 2.36. The summed E-state index contributed by atoms with van der Waals surface area (Å²) in [5, 5.41) is 0. The zero-order chi connectivity index (χ0) is 6.97. The summed E-state index contributed by atoms with van der Waals surface area (Å²) in [6.07, 6.45) is 11.0. The van der Waals surface area contributed by atoms with Crippen molar-refractivity contribution in [3.8, 4) is 0 Å². The van der Waals surface area contributed by atoms with Gasteiger partial charge in [0, 0.05) is 5.57 Å². The molecule has 0 aromatic heterocycles. The molecule has 0 aliphatic heterocycles. The highest BCUT2D eigenvalue weighted by molar-refractivity contribution is 6.10. The summed E-state index contributed by atoms with van der Waals surface area (Å²) in [7, 11) is 0. The van der Waals surface area contributed by atoms with Gasteiger partial charge in [0.15, 0.2) is 5.78 Å². The molecule has 0 amide bonds. The number of allylic oxidation sites excluding steroid dienone is 8. The molecule has 0 unspecified atom stereocenters. The molecule has 48 valence electrons. The van der Waals surface area contributed by atoms with Gasteiger partial charge in [-0.05, 0) is 11.6 Å². The van der Waals surface area contributed by atoms with E-state index in [1.54, 1.807) is 12.2 Å². The van der Waals surface area contributed by atoms with Gasteiger partial charge in [0.05, 0.1) is 0 Å². The van der Waals surface area contributed by atoms with Crippen molar-refractivity contribution in [1.82, 2.24) is 0 Å². The maximum Gasteiger partial charge on any atom is 0.186 e. The largest absolute Gasteiger partial charge is 0.289 e. The maximum absolute atomic E-state index is 11.0. The molecule has 0 heterocycles. The molecule has 0 saturated carbocycles. The van der Waals surface area contributed by atoms with Gasteiger partial charge in [-0.15, -0.1) is 0 Å². The summed E-state index contributed by atoms with van der Waals surface area (Å²) in [5.41, 5.74) is 1.86. The molecule has 2 rings (SSSR count). The Morgan fingerprint density at radius 1 is 1.00 bits per heavy atom. The average molecular weight is 130 g/mol. The summed E-state index contributed by atoms with van der Waals surface area (Å²) >= 11 is 0. The fourth-order valence-electron chi connectivity index (χ4n) is 1.13. The Bertz CT molecular complexity index is 295. The molecule has 2 aliphatic rings. The van der Waals surface area contributed by atoms with Gasteiger partial charge < -0.3 is 0 Å². The van der Waals surface area contributed by atoms with E-state index in [1.807, 2.05) is 24.3 Å². The van der Waals surface area contributed by atoms with Crippen LogP contribution in [0.25, 0.3) is 0 Å². The van der Waals surface area contributed by atoms with E-state index in [4.69, 9.17) is 0 Å². The molecule has 1 nitrogen and oxygen atoms in total. The van der Waals surface area contributed by atoms with E-state index in [2.05, 4.69) is 0 Å². The van der Waals surface area contributed by atoms with E-state index in [0.29, 0.717) is 0 Å². The lowest BCUT2D eigenvalue weighted by molar-refractivity contribution is -0.111. The number of rotatable bonds is 0. The van der Waals surface area contributed by atoms with Crippen molar-refractivity contribution < 1.29 is 4.79 Å². The maximum atomic E-state index is 11.0. The predicted molar refractivity (Wildman–Crippen MR) is 39.5 cm³/mol. The molecule has 2 aliphatic carbocycles. The Balaban J connectivity index is 2.54. The zero-order valence-electron chi connectivity index (χ0n) is 5.37. The van der Waals surface area contributed by atoms with Crippen LogP contribution in [0.3, 0.4) is 0 Å². The first-order valence-electron chi connectivity index (χ1n) is 3.19. The number of carbonyl (C=O) groups excluding carboxylic acids is 1. The minimum absolute atomic E-state index is 0.113. The number of fused-ring (bicyclic) bond motifs is 1. The Hall–Kier alpha value is -1.37. The lowest BCUT2D eigenvalue weighted by Gasteiger charge is -2.02. The highest BCUT2D eigenvalue weighted by atomic mass is 16.1. The summed E-state index contributed by atoms with van der Waals surface area (Å²) in [6, 6.07) is 0. The number of ketones is 1. The summed E-state index contributed by atoms with van der Waals surface area (Å²) in [4.78, 5) is 11.0. The molecule has 0 radical (unpaired) electrons. The van der Waals surface area contributed by atoms with Crippen LogP contribution in [-0.2, 0) is 4.79 Å². The highest BCUT2D eigenvalue weighted by Gasteiger charge is 2.14. The smallest absolute Gasteiger partial charge is 0.186 e. The predicted octanol–water partition coefficient (Wildman–Crippen LogP) is 1.55. The van der Waals surface area contributed by atoms with Crippen LogP contribution in [0.5, 0.6) is 0 Å². The number of hydrogen-bond donors (Lipinski definition) is 0. The molecule has 0 bridgehead atoms. The first-order chi connectivity index (χ1) is 4.88. The third kappa shape index (κ3) is 0.605. The Morgan fingerprint density at radius 2 is 1.80 bits per heavy atom. The Kier molecular flexibility index (Phi) is 0.978. The third-order valence-corrected chi connectivity index (χ3v) is 1.64. The Morgan fingerprint density at radius 3 is 2.60 bits per heavy atom. The van der Waals surface area contributed by atoms with Gasteiger partial charge in [-0.1, -0.05) is 30.4 Å². The van der Waals surface area contributed by atoms with Crippen LogP contribution < -0.4 is 0 Å². The number of carbonyl (C=O) groups is 1. The van der Waals surface area contributed by atoms with Gasteiger partial charge in [-0.3, -0.25) is 4.79 Å². The zero-order valence-corrected chi connectivity index (χ0v) is 5.37. The molecular weight excluding hydrogens is 124 g/mol. The Labute approximate surface area is 59.1 Å². The molecular formula is C9H6O. The molecule has 0 spiro atoms. The van der Waals surface area contributed by atoms with Crippen molar-refractivity contribution in [1.29, 1.82) is 0 Å². The molecule has 0 aromatic carbocycles. The molecule has 0 saturated heterocycles. The van der Waals surface area contributed by atoms with E-state index in [-0.39, 0.29) is 5.78 Å². The van der Waals surface area contributed by atoms with Crippen molar-refractivity contribution in [3.63, 3.8) is 0 Å². The summed E-state index contributed by atoms with van der Waals surface area (Å²) in [5.74, 6) is 0.113. The van der Waals surface area contributed by atoms with Crippen molar-refractivity contribution in [2.45, 2.75) is 0 Å². The first-order valence-corrected chi connectivity index (χ1v) is 3.19. The fraction of sp³-hybridized carbons (Fsp3) is 0. The van der Waals surface area contributed by atoms with Gasteiger partial charge >= 0.3 is 0 Å². The van der Waals surface area contributed by atoms with Crippen LogP contribution in [0.15, 0.2) is 47.6 Å². The van der Waals surface area contributed by atoms with Crippen molar-refractivity contribution in [2.24, 2.45) is 0 Å².